The molecular weight excluding hydrogens is 430 g/mol. The van der Waals surface area contributed by atoms with Crippen molar-refractivity contribution in [2.24, 2.45) is 0 Å². The summed E-state index contributed by atoms with van der Waals surface area (Å²) in [4.78, 5) is 52.0. The number of carboxylic acids is 1. The molecule has 3 amide bonds. The first kappa shape index (κ1) is 22.1. The number of benzene rings is 2. The standard InChI is InChI=1S/C23H23N3O7/c1-32-16-9-5-6-14(10-16)11-19(28)25-12-17-20(22(29)26(17)21(25)23(30)31)24-18(27)13-33-15-7-3-2-4-8-15/h2-10,17,20-21H,11-13H2,1H3,(H,24,27)(H,30,31)/t17?,20-,21?/m1/s1. The summed E-state index contributed by atoms with van der Waals surface area (Å²) in [6.45, 7) is -0.280. The van der Waals surface area contributed by atoms with Crippen LogP contribution in [0.1, 0.15) is 5.56 Å². The Kier molecular flexibility index (Phi) is 6.16. The highest BCUT2D eigenvalue weighted by Gasteiger charge is 2.60. The Morgan fingerprint density at radius 1 is 1.09 bits per heavy atom. The molecule has 0 bridgehead atoms. The van der Waals surface area contributed by atoms with Gasteiger partial charge >= 0.3 is 5.97 Å². The predicted octanol–water partition coefficient (Wildman–Crippen LogP) is 0.265. The van der Waals surface area contributed by atoms with Crippen molar-refractivity contribution in [2.45, 2.75) is 24.7 Å². The highest BCUT2D eigenvalue weighted by Crippen LogP contribution is 2.33. The van der Waals surface area contributed by atoms with Gasteiger partial charge in [-0.2, -0.15) is 0 Å². The number of para-hydroxylation sites is 1. The third kappa shape index (κ3) is 4.45. The maximum absolute atomic E-state index is 12.9. The Morgan fingerprint density at radius 3 is 2.52 bits per heavy atom. The number of fused-ring (bicyclic) bond motifs is 1. The van der Waals surface area contributed by atoms with Crippen LogP contribution in [0.5, 0.6) is 11.5 Å². The molecule has 2 aliphatic heterocycles. The van der Waals surface area contributed by atoms with E-state index in [1.807, 2.05) is 6.07 Å². The van der Waals surface area contributed by atoms with Crippen molar-refractivity contribution < 1.29 is 33.8 Å². The first-order valence-electron chi connectivity index (χ1n) is 10.3. The number of hydrogen-bond donors (Lipinski definition) is 2. The maximum Gasteiger partial charge on any atom is 0.347 e. The van der Waals surface area contributed by atoms with Gasteiger partial charge in [0.15, 0.2) is 6.61 Å². The highest BCUT2D eigenvalue weighted by atomic mass is 16.5. The van der Waals surface area contributed by atoms with Crippen LogP contribution in [0.2, 0.25) is 0 Å². The third-order valence-corrected chi connectivity index (χ3v) is 5.67. The van der Waals surface area contributed by atoms with Crippen molar-refractivity contribution in [1.29, 1.82) is 0 Å². The summed E-state index contributed by atoms with van der Waals surface area (Å²) in [5.41, 5.74) is 0.659. The molecule has 0 spiro atoms. The predicted molar refractivity (Wildman–Crippen MR) is 114 cm³/mol. The van der Waals surface area contributed by atoms with Gasteiger partial charge in [-0.05, 0) is 29.8 Å². The Morgan fingerprint density at radius 2 is 1.82 bits per heavy atom. The van der Waals surface area contributed by atoms with Gasteiger partial charge in [0.1, 0.15) is 17.5 Å². The smallest absolute Gasteiger partial charge is 0.347 e. The van der Waals surface area contributed by atoms with Crippen LogP contribution in [-0.4, -0.2) is 77.1 Å². The Balaban J connectivity index is 1.40. The normalized spacial score (nSPS) is 21.1. The summed E-state index contributed by atoms with van der Waals surface area (Å²) in [7, 11) is 1.51. The summed E-state index contributed by atoms with van der Waals surface area (Å²) in [6, 6.07) is 14.1. The number of β-lactam (4-membered cyclic amide) rings is 1. The molecule has 4 rings (SSSR count). The summed E-state index contributed by atoms with van der Waals surface area (Å²) < 4.78 is 10.5. The molecule has 10 heteroatoms. The highest BCUT2D eigenvalue weighted by molar-refractivity contribution is 5.99. The lowest BCUT2D eigenvalue weighted by Crippen LogP contribution is -2.71. The molecule has 10 nitrogen and oxygen atoms in total. The molecule has 0 aromatic heterocycles. The molecule has 2 fully saturated rings. The molecular formula is C23H23N3O7. The first-order valence-corrected chi connectivity index (χ1v) is 10.3. The van der Waals surface area contributed by atoms with E-state index in [0.717, 1.165) is 9.80 Å². The monoisotopic (exact) mass is 453 g/mol. The van der Waals surface area contributed by atoms with E-state index in [1.54, 1.807) is 48.5 Å². The van der Waals surface area contributed by atoms with E-state index < -0.39 is 41.9 Å². The van der Waals surface area contributed by atoms with Crippen molar-refractivity contribution in [3.63, 3.8) is 0 Å². The third-order valence-electron chi connectivity index (χ3n) is 5.67. The summed E-state index contributed by atoms with van der Waals surface area (Å²) in [6.07, 6.45) is -1.45. The number of methoxy groups -OCH3 is 1. The molecule has 0 aliphatic carbocycles. The topological polar surface area (TPSA) is 125 Å². The van der Waals surface area contributed by atoms with Gasteiger partial charge < -0.3 is 29.7 Å². The summed E-state index contributed by atoms with van der Waals surface area (Å²) in [5.74, 6) is -1.70. The van der Waals surface area contributed by atoms with Crippen LogP contribution in [-0.2, 0) is 25.6 Å². The molecule has 0 radical (unpaired) electrons. The minimum Gasteiger partial charge on any atom is -0.497 e. The number of ether oxygens (including phenoxy) is 2. The number of carbonyl (C=O) groups excluding carboxylic acids is 3. The maximum atomic E-state index is 12.9. The SMILES string of the molecule is COc1cccc(CC(=O)N2CC3[C@@H](NC(=O)COc4ccccc4)C(=O)N3C2C(=O)O)c1. The largest absolute Gasteiger partial charge is 0.497 e. The Bertz CT molecular complexity index is 1070. The fourth-order valence-electron chi connectivity index (χ4n) is 4.10. The molecule has 2 heterocycles. The average molecular weight is 453 g/mol. The number of amides is 3. The van der Waals surface area contributed by atoms with Crippen LogP contribution >= 0.6 is 0 Å². The number of carboxylic acid groups (broad SMARTS) is 1. The van der Waals surface area contributed by atoms with Gasteiger partial charge in [0.2, 0.25) is 18.0 Å². The lowest BCUT2D eigenvalue weighted by atomic mass is 9.96. The number of hydrogen-bond acceptors (Lipinski definition) is 6. The van der Waals surface area contributed by atoms with E-state index in [-0.39, 0.29) is 19.6 Å². The van der Waals surface area contributed by atoms with Crippen LogP contribution in [0.15, 0.2) is 54.6 Å². The van der Waals surface area contributed by atoms with E-state index in [9.17, 15) is 24.3 Å². The van der Waals surface area contributed by atoms with Crippen molar-refractivity contribution >= 4 is 23.7 Å². The minimum absolute atomic E-state index is 0.00992. The van der Waals surface area contributed by atoms with Crippen LogP contribution < -0.4 is 14.8 Å². The summed E-state index contributed by atoms with van der Waals surface area (Å²) in [5, 5.41) is 12.3. The number of aliphatic carboxylic acids is 1. The molecule has 2 unspecified atom stereocenters. The van der Waals surface area contributed by atoms with Crippen molar-refractivity contribution in [3.05, 3.63) is 60.2 Å². The van der Waals surface area contributed by atoms with Gasteiger partial charge in [0.25, 0.3) is 5.91 Å². The number of nitrogens with zero attached hydrogens (tertiary/aromatic N) is 2. The average Bonchev–Trinajstić information content (AvgIpc) is 3.19. The van der Waals surface area contributed by atoms with E-state index in [4.69, 9.17) is 9.47 Å². The Hall–Kier alpha value is -4.08. The molecule has 2 aromatic rings. The molecule has 0 saturated carbocycles. The van der Waals surface area contributed by atoms with Crippen LogP contribution in [0.4, 0.5) is 0 Å². The zero-order valence-corrected chi connectivity index (χ0v) is 17.8. The fourth-order valence-corrected chi connectivity index (χ4v) is 4.10. The van der Waals surface area contributed by atoms with Gasteiger partial charge in [-0.15, -0.1) is 0 Å². The minimum atomic E-state index is -1.41. The van der Waals surface area contributed by atoms with Gasteiger partial charge in [0, 0.05) is 6.54 Å². The van der Waals surface area contributed by atoms with Crippen LogP contribution in [0, 0.1) is 0 Å². The van der Waals surface area contributed by atoms with Crippen LogP contribution in [0.25, 0.3) is 0 Å². The van der Waals surface area contributed by atoms with Crippen LogP contribution in [0.3, 0.4) is 0 Å². The van der Waals surface area contributed by atoms with E-state index >= 15 is 0 Å². The van der Waals surface area contributed by atoms with Crippen molar-refractivity contribution in [3.8, 4) is 11.5 Å². The van der Waals surface area contributed by atoms with Gasteiger partial charge in [0.05, 0.1) is 19.6 Å². The molecule has 3 atom stereocenters. The van der Waals surface area contributed by atoms with Gasteiger partial charge in [-0.1, -0.05) is 30.3 Å². The first-order chi connectivity index (χ1) is 15.9. The lowest BCUT2D eigenvalue weighted by molar-refractivity contribution is -0.166. The molecule has 172 valence electrons. The molecule has 2 N–H and O–H groups in total. The zero-order valence-electron chi connectivity index (χ0n) is 17.8. The molecule has 33 heavy (non-hydrogen) atoms. The number of carbonyl (C=O) groups is 4. The lowest BCUT2D eigenvalue weighted by Gasteiger charge is -2.43. The van der Waals surface area contributed by atoms with Gasteiger partial charge in [-0.3, -0.25) is 14.4 Å². The second kappa shape index (κ2) is 9.19. The van der Waals surface area contributed by atoms with E-state index in [1.165, 1.54) is 7.11 Å². The molecule has 2 aromatic carbocycles. The Labute approximate surface area is 189 Å². The van der Waals surface area contributed by atoms with Crippen molar-refractivity contribution in [1.82, 2.24) is 15.1 Å². The quantitative estimate of drug-likeness (QED) is 0.550. The zero-order chi connectivity index (χ0) is 23.5. The molecule has 2 aliphatic rings. The van der Waals surface area contributed by atoms with Crippen molar-refractivity contribution in [2.75, 3.05) is 20.3 Å². The second-order valence-corrected chi connectivity index (χ2v) is 7.75. The van der Waals surface area contributed by atoms with E-state index in [0.29, 0.717) is 17.1 Å². The second-order valence-electron chi connectivity index (χ2n) is 7.75. The number of nitrogens with one attached hydrogen (secondary N) is 1. The van der Waals surface area contributed by atoms with E-state index in [2.05, 4.69) is 5.32 Å². The van der Waals surface area contributed by atoms with Gasteiger partial charge in [-0.25, -0.2) is 4.79 Å². The fraction of sp³-hybridized carbons (Fsp3) is 0.304. The number of rotatable bonds is 8. The molecule has 2 saturated heterocycles. The summed E-state index contributed by atoms with van der Waals surface area (Å²) >= 11 is 0.